The normalized spacial score (nSPS) is 32.7. The van der Waals surface area contributed by atoms with E-state index in [-0.39, 0.29) is 17.8 Å². The van der Waals surface area contributed by atoms with Gasteiger partial charge in [0.05, 0.1) is 51.1 Å². The molecule has 0 spiro atoms. The standard InChI is InChI=1S/C27H38O15/c1-26(2,17(29)7-13-15(37-4)8-14(36-3)12-5-6-18(30)41-22(12)13)42-24-21(33)20(32)19(31)16(40-24)9-38-25-23(34)27(35,10-28)11-39-25/h5-6,8,16-17,19-21,23-25,28-29,31-35H,7,9-11H2,1-4H3/t16-,17-,19-,20+,21-,23+,24+,25-,27-/m1/s1. The third kappa shape index (κ3) is 6.27. The molecule has 2 saturated heterocycles. The van der Waals surface area contributed by atoms with E-state index in [1.165, 1.54) is 40.2 Å². The fraction of sp³-hybridized carbons (Fsp3) is 0.667. The van der Waals surface area contributed by atoms with Crippen molar-refractivity contribution >= 4 is 11.0 Å². The van der Waals surface area contributed by atoms with Crippen LogP contribution in [0.1, 0.15) is 19.4 Å². The van der Waals surface area contributed by atoms with Gasteiger partial charge < -0.3 is 68.6 Å². The van der Waals surface area contributed by atoms with E-state index in [0.29, 0.717) is 16.7 Å². The monoisotopic (exact) mass is 602 g/mol. The zero-order valence-electron chi connectivity index (χ0n) is 23.6. The molecule has 2 fully saturated rings. The summed E-state index contributed by atoms with van der Waals surface area (Å²) < 4.78 is 38.5. The van der Waals surface area contributed by atoms with E-state index >= 15 is 0 Å². The van der Waals surface area contributed by atoms with Crippen LogP contribution in [0.25, 0.3) is 11.0 Å². The number of hydrogen-bond acceptors (Lipinski definition) is 15. The minimum atomic E-state index is -1.93. The maximum Gasteiger partial charge on any atom is 0.336 e. The molecule has 0 bridgehead atoms. The molecule has 2 aliphatic rings. The Balaban J connectivity index is 1.50. The zero-order chi connectivity index (χ0) is 31.0. The number of rotatable bonds is 11. The van der Waals surface area contributed by atoms with Crippen LogP contribution in [0.4, 0.5) is 0 Å². The van der Waals surface area contributed by atoms with Gasteiger partial charge in [-0.2, -0.15) is 0 Å². The minimum absolute atomic E-state index is 0.141. The Morgan fingerprint density at radius 3 is 2.36 bits per heavy atom. The summed E-state index contributed by atoms with van der Waals surface area (Å²) in [5.74, 6) is 0.660. The summed E-state index contributed by atoms with van der Waals surface area (Å²) >= 11 is 0. The molecule has 42 heavy (non-hydrogen) atoms. The summed E-state index contributed by atoms with van der Waals surface area (Å²) in [5, 5.41) is 72.9. The lowest BCUT2D eigenvalue weighted by molar-refractivity contribution is -0.336. The first kappa shape index (κ1) is 32.5. The number of fused-ring (bicyclic) bond motifs is 1. The molecule has 2 aromatic rings. The predicted octanol–water partition coefficient (Wildman–Crippen LogP) is -2.23. The van der Waals surface area contributed by atoms with Gasteiger partial charge in [0.15, 0.2) is 12.6 Å². The van der Waals surface area contributed by atoms with E-state index in [2.05, 4.69) is 0 Å². The first-order chi connectivity index (χ1) is 19.8. The second-order valence-corrected chi connectivity index (χ2v) is 10.9. The Kier molecular flexibility index (Phi) is 9.81. The van der Waals surface area contributed by atoms with E-state index in [1.807, 2.05) is 0 Å². The molecule has 0 amide bonds. The first-order valence-electron chi connectivity index (χ1n) is 13.2. The summed E-state index contributed by atoms with van der Waals surface area (Å²) in [6.45, 7) is 1.36. The van der Waals surface area contributed by atoms with Gasteiger partial charge in [-0.05, 0) is 19.9 Å². The molecule has 236 valence electrons. The van der Waals surface area contributed by atoms with Crippen LogP contribution < -0.4 is 15.1 Å². The summed E-state index contributed by atoms with van der Waals surface area (Å²) in [4.78, 5) is 12.0. The van der Waals surface area contributed by atoms with Gasteiger partial charge in [0, 0.05) is 24.1 Å². The lowest BCUT2D eigenvalue weighted by Gasteiger charge is -2.44. The molecule has 0 unspecified atom stereocenters. The molecule has 15 nitrogen and oxygen atoms in total. The molecule has 9 atom stereocenters. The van der Waals surface area contributed by atoms with Crippen LogP contribution in [0.5, 0.6) is 11.5 Å². The highest BCUT2D eigenvalue weighted by Gasteiger charge is 2.51. The van der Waals surface area contributed by atoms with Crippen molar-refractivity contribution in [3.8, 4) is 11.5 Å². The number of aliphatic hydroxyl groups excluding tert-OH is 6. The average molecular weight is 603 g/mol. The zero-order valence-corrected chi connectivity index (χ0v) is 23.6. The fourth-order valence-electron chi connectivity index (χ4n) is 4.87. The lowest BCUT2D eigenvalue weighted by Crippen LogP contribution is -2.61. The first-order valence-corrected chi connectivity index (χ1v) is 13.2. The number of hydrogen-bond donors (Lipinski definition) is 7. The smallest absolute Gasteiger partial charge is 0.336 e. The van der Waals surface area contributed by atoms with Crippen molar-refractivity contribution in [3.05, 3.63) is 34.2 Å². The Labute approximate surface area is 240 Å². The Bertz CT molecular complexity index is 1280. The summed E-state index contributed by atoms with van der Waals surface area (Å²) in [5.41, 5.74) is -3.53. The molecule has 15 heteroatoms. The number of benzene rings is 1. The number of methoxy groups -OCH3 is 2. The van der Waals surface area contributed by atoms with E-state index in [1.54, 1.807) is 6.07 Å². The third-order valence-corrected chi connectivity index (χ3v) is 7.67. The summed E-state index contributed by atoms with van der Waals surface area (Å²) in [6.07, 6.45) is -12.4. The van der Waals surface area contributed by atoms with E-state index < -0.39 is 85.9 Å². The van der Waals surface area contributed by atoms with E-state index in [9.17, 15) is 40.5 Å². The van der Waals surface area contributed by atoms with Gasteiger partial charge in [0.25, 0.3) is 0 Å². The van der Waals surface area contributed by atoms with Crippen molar-refractivity contribution in [2.24, 2.45) is 0 Å². The van der Waals surface area contributed by atoms with E-state index in [4.69, 9.17) is 32.8 Å². The number of aliphatic hydroxyl groups is 7. The summed E-state index contributed by atoms with van der Waals surface area (Å²) in [7, 11) is 2.85. The maximum absolute atomic E-state index is 12.0. The molecule has 0 radical (unpaired) electrons. The molecule has 4 rings (SSSR count). The SMILES string of the molecule is COc1cc(OC)c2ccc(=O)oc2c1C[C@@H](O)C(C)(C)O[C@@H]1O[C@H](CO[C@@H]2OC[C@](O)(CO)[C@H]2O)[C@@H](O)[C@H](O)[C@H]1O. The molecule has 0 saturated carbocycles. The third-order valence-electron chi connectivity index (χ3n) is 7.67. The van der Waals surface area contributed by atoms with Crippen molar-refractivity contribution in [2.75, 3.05) is 34.0 Å². The molecular weight excluding hydrogens is 564 g/mol. The average Bonchev–Trinajstić information content (AvgIpc) is 3.25. The lowest BCUT2D eigenvalue weighted by atomic mass is 9.92. The molecule has 1 aromatic carbocycles. The Morgan fingerprint density at radius 1 is 1.05 bits per heavy atom. The fourth-order valence-corrected chi connectivity index (χ4v) is 4.87. The highest BCUT2D eigenvalue weighted by atomic mass is 16.7. The van der Waals surface area contributed by atoms with Crippen molar-refractivity contribution in [3.63, 3.8) is 0 Å². The molecule has 0 aliphatic carbocycles. The topological polar surface area (TPSA) is 227 Å². The largest absolute Gasteiger partial charge is 0.496 e. The Morgan fingerprint density at radius 2 is 1.74 bits per heavy atom. The molecule has 2 aliphatic heterocycles. The predicted molar refractivity (Wildman–Crippen MR) is 141 cm³/mol. The highest BCUT2D eigenvalue weighted by Crippen LogP contribution is 2.38. The van der Waals surface area contributed by atoms with Crippen LogP contribution in [-0.4, -0.2) is 130 Å². The van der Waals surface area contributed by atoms with Crippen LogP contribution in [0.2, 0.25) is 0 Å². The van der Waals surface area contributed by atoms with Gasteiger partial charge in [0.2, 0.25) is 0 Å². The van der Waals surface area contributed by atoms with Gasteiger partial charge in [-0.1, -0.05) is 0 Å². The van der Waals surface area contributed by atoms with Crippen LogP contribution >= 0.6 is 0 Å². The number of ether oxygens (including phenoxy) is 6. The van der Waals surface area contributed by atoms with Crippen LogP contribution in [-0.2, 0) is 25.4 Å². The van der Waals surface area contributed by atoms with Gasteiger partial charge in [-0.15, -0.1) is 0 Å². The molecular formula is C27H38O15. The van der Waals surface area contributed by atoms with Gasteiger partial charge in [0.1, 0.15) is 53.2 Å². The molecule has 3 heterocycles. The highest BCUT2D eigenvalue weighted by molar-refractivity contribution is 5.88. The second-order valence-electron chi connectivity index (χ2n) is 10.9. The minimum Gasteiger partial charge on any atom is -0.496 e. The summed E-state index contributed by atoms with van der Waals surface area (Å²) in [6, 6.07) is 4.34. The van der Waals surface area contributed by atoms with Crippen molar-refractivity contribution < 1.29 is 68.6 Å². The van der Waals surface area contributed by atoms with Crippen molar-refractivity contribution in [1.82, 2.24) is 0 Å². The quantitative estimate of drug-likeness (QED) is 0.135. The van der Waals surface area contributed by atoms with Crippen molar-refractivity contribution in [1.29, 1.82) is 0 Å². The van der Waals surface area contributed by atoms with Crippen LogP contribution in [0.3, 0.4) is 0 Å². The van der Waals surface area contributed by atoms with Crippen LogP contribution in [0, 0.1) is 0 Å². The maximum atomic E-state index is 12.0. The second kappa shape index (κ2) is 12.7. The van der Waals surface area contributed by atoms with Crippen LogP contribution in [0.15, 0.2) is 27.4 Å². The van der Waals surface area contributed by atoms with E-state index in [0.717, 1.165) is 0 Å². The molecule has 7 N–H and O–H groups in total. The van der Waals surface area contributed by atoms with Gasteiger partial charge >= 0.3 is 5.63 Å². The Hall–Kier alpha value is -2.41. The van der Waals surface area contributed by atoms with Crippen molar-refractivity contribution in [2.45, 2.75) is 80.7 Å². The van der Waals surface area contributed by atoms with Gasteiger partial charge in [-0.3, -0.25) is 0 Å². The van der Waals surface area contributed by atoms with Gasteiger partial charge in [-0.25, -0.2) is 4.79 Å². The molecule has 1 aromatic heterocycles.